The van der Waals surface area contributed by atoms with Crippen LogP contribution in [0.3, 0.4) is 0 Å². The van der Waals surface area contributed by atoms with Crippen LogP contribution in [0.4, 0.5) is 4.79 Å². The zero-order chi connectivity index (χ0) is 24.0. The van der Waals surface area contributed by atoms with Gasteiger partial charge in [0, 0.05) is 56.6 Å². The predicted molar refractivity (Wildman–Crippen MR) is 126 cm³/mol. The summed E-state index contributed by atoms with van der Waals surface area (Å²) in [6.45, 7) is 5.95. The van der Waals surface area contributed by atoms with E-state index in [1.807, 2.05) is 35.8 Å². The molecule has 0 saturated carbocycles. The second kappa shape index (κ2) is 11.3. The highest BCUT2D eigenvalue weighted by Crippen LogP contribution is 2.19. The normalized spacial score (nSPS) is 13.8. The summed E-state index contributed by atoms with van der Waals surface area (Å²) >= 11 is 6.31. The largest absolute Gasteiger partial charge is 0.450 e. The number of methoxy groups -OCH3 is 1. The number of rotatable bonds is 7. The minimum atomic E-state index is -0.387. The van der Waals surface area contributed by atoms with Crippen molar-refractivity contribution in [2.45, 2.75) is 33.4 Å². The van der Waals surface area contributed by atoms with Crippen molar-refractivity contribution in [1.29, 1.82) is 0 Å². The van der Waals surface area contributed by atoms with E-state index in [0.717, 1.165) is 11.3 Å². The summed E-state index contributed by atoms with van der Waals surface area (Å²) in [5.41, 5.74) is 2.08. The van der Waals surface area contributed by atoms with Gasteiger partial charge in [0.25, 0.3) is 5.91 Å². The van der Waals surface area contributed by atoms with Gasteiger partial charge in [0.2, 0.25) is 0 Å². The molecule has 0 aliphatic carbocycles. The van der Waals surface area contributed by atoms with Crippen molar-refractivity contribution in [3.63, 3.8) is 0 Å². The lowest BCUT2D eigenvalue weighted by atomic mass is 10.1. The van der Waals surface area contributed by atoms with E-state index in [9.17, 15) is 14.4 Å². The lowest BCUT2D eigenvalue weighted by Gasteiger charge is -2.34. The van der Waals surface area contributed by atoms with Crippen molar-refractivity contribution in [3.05, 3.63) is 68.1 Å². The molecule has 0 N–H and O–H groups in total. The Morgan fingerprint density at radius 2 is 1.76 bits per heavy atom. The molecule has 1 aliphatic rings. The number of hydrogen-bond acceptors (Lipinski definition) is 5. The fourth-order valence-corrected chi connectivity index (χ4v) is 4.29. The molecule has 2 heterocycles. The summed E-state index contributed by atoms with van der Waals surface area (Å²) in [4.78, 5) is 41.5. The van der Waals surface area contributed by atoms with Gasteiger partial charge in [0.1, 0.15) is 5.56 Å². The molecular formula is C24H30ClN3O5. The van der Waals surface area contributed by atoms with Crippen molar-refractivity contribution in [1.82, 2.24) is 14.4 Å². The van der Waals surface area contributed by atoms with Gasteiger partial charge >= 0.3 is 6.09 Å². The lowest BCUT2D eigenvalue weighted by Crippen LogP contribution is -2.51. The molecule has 3 rings (SSSR count). The average molecular weight is 476 g/mol. The average Bonchev–Trinajstić information content (AvgIpc) is 2.80. The summed E-state index contributed by atoms with van der Waals surface area (Å²) < 4.78 is 12.4. The fourth-order valence-electron chi connectivity index (χ4n) is 4.06. The fraction of sp³-hybridized carbons (Fsp3) is 0.458. The molecule has 0 atom stereocenters. The number of aromatic nitrogens is 1. The van der Waals surface area contributed by atoms with Crippen molar-refractivity contribution < 1.29 is 19.1 Å². The first-order valence-corrected chi connectivity index (χ1v) is 11.4. The lowest BCUT2D eigenvalue weighted by molar-refractivity contribution is 0.0564. The molecule has 1 aromatic carbocycles. The third kappa shape index (κ3) is 5.75. The van der Waals surface area contributed by atoms with Crippen LogP contribution in [0, 0.1) is 6.92 Å². The molecule has 0 bridgehead atoms. The highest BCUT2D eigenvalue weighted by Gasteiger charge is 2.29. The Balaban J connectivity index is 1.86. The molecule has 1 saturated heterocycles. The molecule has 33 heavy (non-hydrogen) atoms. The highest BCUT2D eigenvalue weighted by molar-refractivity contribution is 6.31. The van der Waals surface area contributed by atoms with Gasteiger partial charge in [-0.25, -0.2) is 4.79 Å². The second-order valence-electron chi connectivity index (χ2n) is 7.88. The molecule has 178 valence electrons. The Labute approximate surface area is 198 Å². The van der Waals surface area contributed by atoms with Crippen molar-refractivity contribution in [2.24, 2.45) is 0 Å². The first-order chi connectivity index (χ1) is 15.9. The number of carbonyl (C=O) groups excluding carboxylic acids is 2. The maximum Gasteiger partial charge on any atom is 0.409 e. The molecule has 1 aliphatic heterocycles. The van der Waals surface area contributed by atoms with Gasteiger partial charge in [-0.1, -0.05) is 29.8 Å². The van der Waals surface area contributed by atoms with E-state index < -0.39 is 0 Å². The monoisotopic (exact) mass is 475 g/mol. The third-order valence-corrected chi connectivity index (χ3v) is 6.15. The van der Waals surface area contributed by atoms with Crippen LogP contribution in [-0.2, 0) is 29.0 Å². The van der Waals surface area contributed by atoms with E-state index in [2.05, 4.69) is 0 Å². The number of amides is 2. The highest BCUT2D eigenvalue weighted by atomic mass is 35.5. The smallest absolute Gasteiger partial charge is 0.409 e. The maximum absolute atomic E-state index is 13.4. The predicted octanol–water partition coefficient (Wildman–Crippen LogP) is 3.11. The van der Waals surface area contributed by atoms with Gasteiger partial charge in [-0.15, -0.1) is 0 Å². The minimum absolute atomic E-state index is 0.117. The van der Waals surface area contributed by atoms with Crippen LogP contribution < -0.4 is 5.43 Å². The number of nitrogens with zero attached hydrogens (tertiary/aromatic N) is 3. The van der Waals surface area contributed by atoms with Crippen molar-refractivity contribution in [3.8, 4) is 0 Å². The van der Waals surface area contributed by atoms with Crippen LogP contribution in [0.5, 0.6) is 0 Å². The summed E-state index contributed by atoms with van der Waals surface area (Å²) in [6, 6.07) is 9.11. The van der Waals surface area contributed by atoms with E-state index in [1.54, 1.807) is 16.7 Å². The minimum Gasteiger partial charge on any atom is -0.450 e. The summed E-state index contributed by atoms with van der Waals surface area (Å²) in [5, 5.41) is 0.681. The maximum atomic E-state index is 13.4. The topological polar surface area (TPSA) is 81.1 Å². The zero-order valence-corrected chi connectivity index (χ0v) is 20.1. The van der Waals surface area contributed by atoms with E-state index >= 15 is 0 Å². The Bertz CT molecular complexity index is 1060. The molecule has 2 aromatic rings. The van der Waals surface area contributed by atoms with Gasteiger partial charge in [-0.05, 0) is 31.9 Å². The summed E-state index contributed by atoms with van der Waals surface area (Å²) in [5.74, 6) is -0.345. The SMILES string of the molecule is CCOC(=O)N1CCN(C(=O)c2c(COC)n(CCc3ccccc3Cl)c(C)cc2=O)CC1. The number of benzene rings is 1. The third-order valence-electron chi connectivity index (χ3n) is 5.78. The molecule has 8 nitrogen and oxygen atoms in total. The van der Waals surface area contributed by atoms with Crippen LogP contribution in [0.25, 0.3) is 0 Å². The van der Waals surface area contributed by atoms with Crippen LogP contribution in [0.15, 0.2) is 35.1 Å². The number of piperazine rings is 1. The Morgan fingerprint density at radius 3 is 2.39 bits per heavy atom. The molecule has 1 aromatic heterocycles. The summed E-state index contributed by atoms with van der Waals surface area (Å²) in [6.07, 6.45) is 0.258. The Kier molecular flexibility index (Phi) is 8.52. The molecular weight excluding hydrogens is 446 g/mol. The van der Waals surface area contributed by atoms with Crippen LogP contribution in [0.1, 0.15) is 34.2 Å². The zero-order valence-electron chi connectivity index (χ0n) is 19.3. The molecule has 9 heteroatoms. The van der Waals surface area contributed by atoms with Crippen LogP contribution in [-0.4, -0.2) is 66.3 Å². The first-order valence-electron chi connectivity index (χ1n) is 11.0. The number of pyridine rings is 1. The Hall–Kier alpha value is -2.84. The molecule has 1 fully saturated rings. The number of carbonyl (C=O) groups is 2. The van der Waals surface area contributed by atoms with E-state index in [0.29, 0.717) is 56.5 Å². The second-order valence-corrected chi connectivity index (χ2v) is 8.28. The van der Waals surface area contributed by atoms with Gasteiger partial charge < -0.3 is 23.8 Å². The van der Waals surface area contributed by atoms with Crippen molar-refractivity contribution in [2.75, 3.05) is 39.9 Å². The molecule has 2 amide bonds. The van der Waals surface area contributed by atoms with E-state index in [-0.39, 0.29) is 29.6 Å². The standard InChI is InChI=1S/C24H30ClN3O5/c1-4-33-24(31)27-13-11-26(12-14-27)23(30)22-20(16-32-3)28(17(2)15-21(22)29)10-9-18-7-5-6-8-19(18)25/h5-8,15H,4,9-14,16H2,1-3H3. The van der Waals surface area contributed by atoms with Gasteiger partial charge in [0.15, 0.2) is 5.43 Å². The van der Waals surface area contributed by atoms with E-state index in [1.165, 1.54) is 13.2 Å². The first kappa shape index (κ1) is 24.8. The van der Waals surface area contributed by atoms with Crippen molar-refractivity contribution >= 4 is 23.6 Å². The number of hydrogen-bond donors (Lipinski definition) is 0. The van der Waals surface area contributed by atoms with Gasteiger partial charge in [-0.2, -0.15) is 0 Å². The number of aryl methyl sites for hydroxylation is 2. The van der Waals surface area contributed by atoms with Crippen LogP contribution in [0.2, 0.25) is 5.02 Å². The van der Waals surface area contributed by atoms with Gasteiger partial charge in [0.05, 0.1) is 18.9 Å². The van der Waals surface area contributed by atoms with E-state index in [4.69, 9.17) is 21.1 Å². The molecule has 0 radical (unpaired) electrons. The van der Waals surface area contributed by atoms with Crippen LogP contribution >= 0.6 is 11.6 Å². The van der Waals surface area contributed by atoms with Gasteiger partial charge in [-0.3, -0.25) is 9.59 Å². The molecule has 0 unspecified atom stereocenters. The number of ether oxygens (including phenoxy) is 2. The summed E-state index contributed by atoms with van der Waals surface area (Å²) in [7, 11) is 1.54. The number of halogens is 1. The quantitative estimate of drug-likeness (QED) is 0.614. The Morgan fingerprint density at radius 1 is 1.09 bits per heavy atom. The molecule has 0 spiro atoms.